The van der Waals surface area contributed by atoms with Crippen molar-refractivity contribution in [3.63, 3.8) is 0 Å². The van der Waals surface area contributed by atoms with E-state index >= 15 is 0 Å². The second-order valence-electron chi connectivity index (χ2n) is 7.31. The van der Waals surface area contributed by atoms with E-state index in [2.05, 4.69) is 11.4 Å². The molecule has 0 heterocycles. The molecule has 0 saturated heterocycles. The van der Waals surface area contributed by atoms with Crippen LogP contribution in [0.1, 0.15) is 18.1 Å². The maximum absolute atomic E-state index is 13.3. The summed E-state index contributed by atoms with van der Waals surface area (Å²) >= 11 is 0. The molecule has 3 aromatic rings. The molecular formula is C22H21FN2O3S. The molecule has 0 fully saturated rings. The normalized spacial score (nSPS) is 14.0. The first-order chi connectivity index (χ1) is 13.8. The Morgan fingerprint density at radius 1 is 1.03 bits per heavy atom. The van der Waals surface area contributed by atoms with E-state index in [1.165, 1.54) is 42.3 Å². The molecule has 0 aliphatic heterocycles. The molecule has 1 aliphatic rings. The molecule has 0 spiro atoms. The number of nitrogens with one attached hydrogen (secondary N) is 1. The third kappa shape index (κ3) is 3.58. The van der Waals surface area contributed by atoms with E-state index in [9.17, 15) is 17.6 Å². The van der Waals surface area contributed by atoms with Crippen molar-refractivity contribution in [3.8, 4) is 0 Å². The number of amides is 1. The minimum atomic E-state index is -3.76. The molecule has 1 aliphatic carbocycles. The standard InChI is InChI=1S/C22H21FN2O3S/c1-14(25(29(2,27)28)18-11-9-17(23)10-12-18)22(26)24-20-13-8-16-7-6-15-4-3-5-19(20)21(15)16/h3-5,8-14H,6-7H2,1-2H3,(H,24,26)/t14-/m1/s1. The van der Waals surface area contributed by atoms with Crippen LogP contribution >= 0.6 is 0 Å². The van der Waals surface area contributed by atoms with Crippen LogP contribution in [0.4, 0.5) is 15.8 Å². The molecule has 0 unspecified atom stereocenters. The van der Waals surface area contributed by atoms with Crippen LogP contribution in [-0.4, -0.2) is 26.6 Å². The Hall–Kier alpha value is -2.93. The smallest absolute Gasteiger partial charge is 0.248 e. The van der Waals surface area contributed by atoms with Crippen LogP contribution in [0, 0.1) is 5.82 Å². The number of hydrogen-bond donors (Lipinski definition) is 1. The number of aryl methyl sites for hydroxylation is 2. The van der Waals surface area contributed by atoms with E-state index in [0.717, 1.165) is 34.2 Å². The van der Waals surface area contributed by atoms with E-state index in [4.69, 9.17) is 0 Å². The predicted molar refractivity (Wildman–Crippen MR) is 113 cm³/mol. The Morgan fingerprint density at radius 3 is 2.34 bits per heavy atom. The second-order valence-corrected chi connectivity index (χ2v) is 9.17. The zero-order valence-corrected chi connectivity index (χ0v) is 17.0. The first kappa shape index (κ1) is 19.4. The number of rotatable bonds is 5. The van der Waals surface area contributed by atoms with Crippen LogP contribution in [0.3, 0.4) is 0 Å². The van der Waals surface area contributed by atoms with Crippen molar-refractivity contribution in [1.82, 2.24) is 0 Å². The third-order valence-corrected chi connectivity index (χ3v) is 6.55. The van der Waals surface area contributed by atoms with Gasteiger partial charge in [0.15, 0.2) is 0 Å². The lowest BCUT2D eigenvalue weighted by molar-refractivity contribution is -0.116. The van der Waals surface area contributed by atoms with Crippen LogP contribution in [0.2, 0.25) is 0 Å². The van der Waals surface area contributed by atoms with Gasteiger partial charge in [-0.3, -0.25) is 9.10 Å². The Morgan fingerprint density at radius 2 is 1.69 bits per heavy atom. The van der Waals surface area contributed by atoms with Gasteiger partial charge in [-0.15, -0.1) is 0 Å². The SMILES string of the molecule is C[C@H](C(=O)Nc1ccc2c3c(cccc13)CC2)N(c1ccc(F)cc1)S(C)(=O)=O. The van der Waals surface area contributed by atoms with Gasteiger partial charge in [0.1, 0.15) is 11.9 Å². The minimum absolute atomic E-state index is 0.233. The van der Waals surface area contributed by atoms with E-state index in [-0.39, 0.29) is 5.69 Å². The van der Waals surface area contributed by atoms with Crippen molar-refractivity contribution in [3.05, 3.63) is 71.5 Å². The summed E-state index contributed by atoms with van der Waals surface area (Å²) in [6.07, 6.45) is 2.99. The van der Waals surface area contributed by atoms with Gasteiger partial charge in [-0.1, -0.05) is 24.3 Å². The number of sulfonamides is 1. The number of nitrogens with zero attached hydrogens (tertiary/aromatic N) is 1. The summed E-state index contributed by atoms with van der Waals surface area (Å²) < 4.78 is 39.0. The lowest BCUT2D eigenvalue weighted by Crippen LogP contribution is -2.45. The van der Waals surface area contributed by atoms with Gasteiger partial charge in [0.25, 0.3) is 0 Å². The molecule has 0 radical (unpaired) electrons. The fourth-order valence-corrected chi connectivity index (χ4v) is 5.16. The molecule has 29 heavy (non-hydrogen) atoms. The van der Waals surface area contributed by atoms with Gasteiger partial charge in [0.05, 0.1) is 11.9 Å². The summed E-state index contributed by atoms with van der Waals surface area (Å²) in [5.74, 6) is -0.939. The van der Waals surface area contributed by atoms with Crippen LogP contribution in [0.25, 0.3) is 10.8 Å². The van der Waals surface area contributed by atoms with Gasteiger partial charge in [0, 0.05) is 11.1 Å². The van der Waals surface area contributed by atoms with E-state index in [0.29, 0.717) is 5.69 Å². The highest BCUT2D eigenvalue weighted by atomic mass is 32.2. The monoisotopic (exact) mass is 412 g/mol. The highest BCUT2D eigenvalue weighted by molar-refractivity contribution is 7.92. The molecule has 5 nitrogen and oxygen atoms in total. The molecule has 0 aromatic heterocycles. The van der Waals surface area contributed by atoms with Crippen LogP contribution in [0.15, 0.2) is 54.6 Å². The molecule has 0 bridgehead atoms. The second kappa shape index (κ2) is 7.15. The maximum atomic E-state index is 13.3. The number of carbonyl (C=O) groups excluding carboxylic acids is 1. The van der Waals surface area contributed by atoms with Crippen molar-refractivity contribution in [2.75, 3.05) is 15.9 Å². The van der Waals surface area contributed by atoms with Gasteiger partial charge < -0.3 is 5.32 Å². The van der Waals surface area contributed by atoms with Gasteiger partial charge in [-0.05, 0) is 66.6 Å². The average Bonchev–Trinajstić information content (AvgIpc) is 3.09. The van der Waals surface area contributed by atoms with Gasteiger partial charge in [0.2, 0.25) is 15.9 Å². The Bertz CT molecular complexity index is 1200. The Balaban J connectivity index is 1.67. The molecule has 150 valence electrons. The Kier molecular flexibility index (Phi) is 4.78. The van der Waals surface area contributed by atoms with Gasteiger partial charge in [-0.25, -0.2) is 12.8 Å². The molecule has 1 amide bonds. The molecule has 1 atom stereocenters. The molecular weight excluding hydrogens is 391 g/mol. The molecule has 4 rings (SSSR count). The largest absolute Gasteiger partial charge is 0.324 e. The van der Waals surface area contributed by atoms with E-state index in [1.807, 2.05) is 24.3 Å². The number of anilines is 2. The van der Waals surface area contributed by atoms with Crippen molar-refractivity contribution < 1.29 is 17.6 Å². The summed E-state index contributed by atoms with van der Waals surface area (Å²) in [6, 6.07) is 13.9. The number of hydrogen-bond acceptors (Lipinski definition) is 3. The Labute approximate surface area is 169 Å². The third-order valence-electron chi connectivity index (χ3n) is 5.30. The summed E-state index contributed by atoms with van der Waals surface area (Å²) in [5.41, 5.74) is 3.39. The maximum Gasteiger partial charge on any atom is 0.248 e. The highest BCUT2D eigenvalue weighted by Gasteiger charge is 2.29. The van der Waals surface area contributed by atoms with E-state index in [1.54, 1.807) is 0 Å². The first-order valence-corrected chi connectivity index (χ1v) is 11.2. The molecule has 3 aromatic carbocycles. The number of carbonyl (C=O) groups is 1. The van der Waals surface area contributed by atoms with Crippen LogP contribution in [0.5, 0.6) is 0 Å². The lowest BCUT2D eigenvalue weighted by atomic mass is 10.0. The predicted octanol–water partition coefficient (Wildman–Crippen LogP) is 3.87. The van der Waals surface area contributed by atoms with Gasteiger partial charge in [-0.2, -0.15) is 0 Å². The van der Waals surface area contributed by atoms with Crippen LogP contribution in [-0.2, 0) is 27.7 Å². The molecule has 1 N–H and O–H groups in total. The topological polar surface area (TPSA) is 66.5 Å². The fraction of sp³-hybridized carbons (Fsp3) is 0.227. The summed E-state index contributed by atoms with van der Waals surface area (Å²) in [6.45, 7) is 1.51. The summed E-state index contributed by atoms with van der Waals surface area (Å²) in [5, 5.41) is 4.99. The molecule has 0 saturated carbocycles. The number of halogens is 1. The van der Waals surface area contributed by atoms with E-state index < -0.39 is 27.8 Å². The van der Waals surface area contributed by atoms with Gasteiger partial charge >= 0.3 is 0 Å². The van der Waals surface area contributed by atoms with Crippen molar-refractivity contribution in [1.29, 1.82) is 0 Å². The number of benzene rings is 3. The van der Waals surface area contributed by atoms with Crippen molar-refractivity contribution >= 4 is 38.1 Å². The highest BCUT2D eigenvalue weighted by Crippen LogP contribution is 2.35. The van der Waals surface area contributed by atoms with Crippen LogP contribution < -0.4 is 9.62 Å². The lowest BCUT2D eigenvalue weighted by Gasteiger charge is -2.28. The minimum Gasteiger partial charge on any atom is -0.324 e. The van der Waals surface area contributed by atoms with Crippen molar-refractivity contribution in [2.45, 2.75) is 25.8 Å². The zero-order valence-electron chi connectivity index (χ0n) is 16.1. The average molecular weight is 412 g/mol. The summed E-state index contributed by atoms with van der Waals surface area (Å²) in [4.78, 5) is 13.0. The first-order valence-electron chi connectivity index (χ1n) is 9.35. The molecule has 7 heteroatoms. The van der Waals surface area contributed by atoms with Crippen molar-refractivity contribution in [2.24, 2.45) is 0 Å². The quantitative estimate of drug-likeness (QED) is 0.692. The zero-order chi connectivity index (χ0) is 20.8. The fourth-order valence-electron chi connectivity index (χ4n) is 3.99. The summed E-state index contributed by atoms with van der Waals surface area (Å²) in [7, 11) is -3.76.